The third-order valence-corrected chi connectivity index (χ3v) is 0.605. The van der Waals surface area contributed by atoms with Gasteiger partial charge in [0.05, 0.1) is 0 Å². The molecule has 0 aliphatic heterocycles. The van der Waals surface area contributed by atoms with Gasteiger partial charge >= 0.3 is 5.97 Å². The SMILES string of the molecule is O=CCC(O)C(=O)O. The van der Waals surface area contributed by atoms with E-state index in [0.717, 1.165) is 0 Å². The van der Waals surface area contributed by atoms with Gasteiger partial charge in [-0.2, -0.15) is 0 Å². The Morgan fingerprint density at radius 3 is 2.38 bits per heavy atom. The van der Waals surface area contributed by atoms with Crippen LogP contribution in [0.25, 0.3) is 0 Å². The zero-order chi connectivity index (χ0) is 6.57. The van der Waals surface area contributed by atoms with Crippen molar-refractivity contribution in [3.05, 3.63) is 0 Å². The average Bonchev–Trinajstić information content (AvgIpc) is 1.67. The molecule has 4 nitrogen and oxygen atoms in total. The summed E-state index contributed by atoms with van der Waals surface area (Å²) in [5.74, 6) is -1.36. The highest BCUT2D eigenvalue weighted by Crippen LogP contribution is 1.84. The summed E-state index contributed by atoms with van der Waals surface area (Å²) in [7, 11) is 0. The van der Waals surface area contributed by atoms with Gasteiger partial charge in [0.2, 0.25) is 0 Å². The van der Waals surface area contributed by atoms with Crippen molar-refractivity contribution >= 4 is 12.3 Å². The summed E-state index contributed by atoms with van der Waals surface area (Å²) in [6.07, 6.45) is -1.51. The third kappa shape index (κ3) is 2.30. The fourth-order valence-corrected chi connectivity index (χ4v) is 0.192. The summed E-state index contributed by atoms with van der Waals surface area (Å²) < 4.78 is 0. The largest absolute Gasteiger partial charge is 0.479 e. The first-order valence-electron chi connectivity index (χ1n) is 2.03. The number of aldehydes is 1. The highest BCUT2D eigenvalue weighted by Gasteiger charge is 2.10. The first-order chi connectivity index (χ1) is 3.68. The van der Waals surface area contributed by atoms with Crippen LogP contribution in [0.4, 0.5) is 0 Å². The van der Waals surface area contributed by atoms with Crippen molar-refractivity contribution in [2.24, 2.45) is 0 Å². The number of carbonyl (C=O) groups is 2. The fourth-order valence-electron chi connectivity index (χ4n) is 0.192. The Kier molecular flexibility index (Phi) is 2.79. The summed E-state index contributed by atoms with van der Waals surface area (Å²) in [4.78, 5) is 19.2. The Hall–Kier alpha value is -0.900. The first-order valence-corrected chi connectivity index (χ1v) is 2.03. The van der Waals surface area contributed by atoms with Crippen LogP contribution >= 0.6 is 0 Å². The minimum absolute atomic E-state index is 0.338. The zero-order valence-electron chi connectivity index (χ0n) is 4.07. The monoisotopic (exact) mass is 118 g/mol. The van der Waals surface area contributed by atoms with Crippen molar-refractivity contribution in [3.63, 3.8) is 0 Å². The predicted molar refractivity (Wildman–Crippen MR) is 24.3 cm³/mol. The lowest BCUT2D eigenvalue weighted by atomic mass is 10.3. The normalized spacial score (nSPS) is 12.6. The lowest BCUT2D eigenvalue weighted by molar-refractivity contribution is -0.147. The van der Waals surface area contributed by atoms with Crippen LogP contribution in [0.15, 0.2) is 0 Å². The van der Waals surface area contributed by atoms with E-state index in [-0.39, 0.29) is 6.42 Å². The molecule has 1 unspecified atom stereocenters. The van der Waals surface area contributed by atoms with Crippen molar-refractivity contribution < 1.29 is 19.8 Å². The molecule has 0 radical (unpaired) electrons. The van der Waals surface area contributed by atoms with Crippen LogP contribution in [0.3, 0.4) is 0 Å². The van der Waals surface area contributed by atoms with E-state index < -0.39 is 12.1 Å². The van der Waals surface area contributed by atoms with Crippen molar-refractivity contribution in [2.75, 3.05) is 0 Å². The fraction of sp³-hybridized carbons (Fsp3) is 0.500. The van der Waals surface area contributed by atoms with Gasteiger partial charge in [0, 0.05) is 6.42 Å². The van der Waals surface area contributed by atoms with Gasteiger partial charge in [-0.15, -0.1) is 0 Å². The molecule has 0 aromatic carbocycles. The Bertz CT molecular complexity index is 98.2. The van der Waals surface area contributed by atoms with Gasteiger partial charge in [-0.3, -0.25) is 0 Å². The summed E-state index contributed by atoms with van der Waals surface area (Å²) in [5, 5.41) is 16.2. The maximum atomic E-state index is 9.68. The van der Waals surface area contributed by atoms with Crippen LogP contribution in [0.5, 0.6) is 0 Å². The van der Waals surface area contributed by atoms with Crippen LogP contribution in [0.1, 0.15) is 6.42 Å². The number of carboxylic acid groups (broad SMARTS) is 1. The topological polar surface area (TPSA) is 74.6 Å². The van der Waals surface area contributed by atoms with Gasteiger partial charge in [-0.05, 0) is 0 Å². The highest BCUT2D eigenvalue weighted by molar-refractivity contribution is 5.75. The Morgan fingerprint density at radius 1 is 1.75 bits per heavy atom. The predicted octanol–water partition coefficient (Wildman–Crippen LogP) is -0.979. The number of hydrogen-bond donors (Lipinski definition) is 2. The second-order valence-corrected chi connectivity index (χ2v) is 1.26. The molecule has 0 fully saturated rings. The van der Waals surface area contributed by atoms with Gasteiger partial charge in [0.1, 0.15) is 6.29 Å². The molecule has 0 aliphatic carbocycles. The molecule has 0 spiro atoms. The van der Waals surface area contributed by atoms with E-state index in [9.17, 15) is 9.59 Å². The first kappa shape index (κ1) is 7.10. The van der Waals surface area contributed by atoms with Crippen LogP contribution in [0, 0.1) is 0 Å². The quantitative estimate of drug-likeness (QED) is 0.467. The molecule has 0 amide bonds. The molecule has 2 N–H and O–H groups in total. The van der Waals surface area contributed by atoms with E-state index >= 15 is 0 Å². The molecule has 1 atom stereocenters. The van der Waals surface area contributed by atoms with Gasteiger partial charge in [0.15, 0.2) is 6.10 Å². The van der Waals surface area contributed by atoms with Crippen LogP contribution < -0.4 is 0 Å². The third-order valence-electron chi connectivity index (χ3n) is 0.605. The molecule has 46 valence electrons. The average molecular weight is 118 g/mol. The number of hydrogen-bond acceptors (Lipinski definition) is 3. The number of rotatable bonds is 3. The molecule has 0 aromatic heterocycles. The van der Waals surface area contributed by atoms with Crippen LogP contribution in [-0.4, -0.2) is 28.6 Å². The van der Waals surface area contributed by atoms with E-state index in [4.69, 9.17) is 10.2 Å². The van der Waals surface area contributed by atoms with E-state index in [0.29, 0.717) is 6.29 Å². The summed E-state index contributed by atoms with van der Waals surface area (Å²) >= 11 is 0. The summed E-state index contributed by atoms with van der Waals surface area (Å²) in [5.41, 5.74) is 0. The standard InChI is InChI=1S/C4H6O4/c5-2-1-3(6)4(7)8/h2-3,6H,1H2,(H,7,8). The lowest BCUT2D eigenvalue weighted by Crippen LogP contribution is -2.19. The molecule has 0 saturated carbocycles. The molecule has 0 aliphatic rings. The Morgan fingerprint density at radius 2 is 2.25 bits per heavy atom. The van der Waals surface area contributed by atoms with Gasteiger partial charge < -0.3 is 15.0 Å². The molecule has 4 heteroatoms. The number of aliphatic carboxylic acids is 1. The van der Waals surface area contributed by atoms with Crippen molar-refractivity contribution in [1.29, 1.82) is 0 Å². The maximum absolute atomic E-state index is 9.68. The van der Waals surface area contributed by atoms with Crippen molar-refractivity contribution in [1.82, 2.24) is 0 Å². The van der Waals surface area contributed by atoms with E-state index in [1.807, 2.05) is 0 Å². The van der Waals surface area contributed by atoms with Gasteiger partial charge in [0.25, 0.3) is 0 Å². The second-order valence-electron chi connectivity index (χ2n) is 1.26. The lowest BCUT2D eigenvalue weighted by Gasteiger charge is -1.95. The molecular weight excluding hydrogens is 112 g/mol. The van der Waals surface area contributed by atoms with Crippen LogP contribution in [-0.2, 0) is 9.59 Å². The Balaban J connectivity index is 3.46. The Labute approximate surface area is 45.7 Å². The van der Waals surface area contributed by atoms with Gasteiger partial charge in [-0.1, -0.05) is 0 Å². The summed E-state index contributed by atoms with van der Waals surface area (Å²) in [6, 6.07) is 0. The maximum Gasteiger partial charge on any atom is 0.332 e. The zero-order valence-corrected chi connectivity index (χ0v) is 4.07. The number of aliphatic hydroxyl groups is 1. The van der Waals surface area contributed by atoms with E-state index in [2.05, 4.69) is 0 Å². The summed E-state index contributed by atoms with van der Waals surface area (Å²) in [6.45, 7) is 0. The second kappa shape index (κ2) is 3.15. The molecule has 0 rings (SSSR count). The molecule has 0 saturated heterocycles. The smallest absolute Gasteiger partial charge is 0.332 e. The van der Waals surface area contributed by atoms with Gasteiger partial charge in [-0.25, -0.2) is 4.79 Å². The van der Waals surface area contributed by atoms with Crippen LogP contribution in [0.2, 0.25) is 0 Å². The number of carboxylic acids is 1. The van der Waals surface area contributed by atoms with Crippen molar-refractivity contribution in [2.45, 2.75) is 12.5 Å². The number of carbonyl (C=O) groups excluding carboxylic acids is 1. The minimum atomic E-state index is -1.53. The minimum Gasteiger partial charge on any atom is -0.479 e. The molecule has 8 heavy (non-hydrogen) atoms. The molecule has 0 heterocycles. The molecule has 0 bridgehead atoms. The molecular formula is C4H6O4. The molecule has 0 aromatic rings. The van der Waals surface area contributed by atoms with E-state index in [1.165, 1.54) is 0 Å². The van der Waals surface area contributed by atoms with E-state index in [1.54, 1.807) is 0 Å². The number of aliphatic hydroxyl groups excluding tert-OH is 1. The van der Waals surface area contributed by atoms with Crippen molar-refractivity contribution in [3.8, 4) is 0 Å². The highest BCUT2D eigenvalue weighted by atomic mass is 16.4.